The number of likely N-dealkylation sites (tertiary alicyclic amines) is 1. The van der Waals surface area contributed by atoms with Crippen LogP contribution < -0.4 is 0 Å². The molecule has 0 bridgehead atoms. The molecule has 0 radical (unpaired) electrons. The van der Waals surface area contributed by atoms with Crippen molar-refractivity contribution < 1.29 is 14.6 Å². The Kier molecular flexibility index (Phi) is 3.97. The molecule has 0 unspecified atom stereocenters. The molecule has 1 spiro atoms. The first kappa shape index (κ1) is 17.0. The number of hydrogen-bond donors (Lipinski definition) is 1. The van der Waals surface area contributed by atoms with Gasteiger partial charge in [-0.05, 0) is 51.0 Å². The minimum atomic E-state index is -0.624. The van der Waals surface area contributed by atoms with Gasteiger partial charge in [0, 0.05) is 31.5 Å². The second kappa shape index (κ2) is 5.82. The molecular weight excluding hydrogens is 314 g/mol. The van der Waals surface area contributed by atoms with Crippen LogP contribution in [0.5, 0.6) is 0 Å². The number of hydrogen-bond acceptors (Lipinski definition) is 3. The van der Waals surface area contributed by atoms with E-state index in [-0.39, 0.29) is 17.4 Å². The molecule has 1 saturated heterocycles. The van der Waals surface area contributed by atoms with Gasteiger partial charge in [0.1, 0.15) is 0 Å². The lowest BCUT2D eigenvalue weighted by molar-refractivity contribution is -0.168. The zero-order chi connectivity index (χ0) is 17.7. The Labute approximate surface area is 150 Å². The highest BCUT2D eigenvalue weighted by molar-refractivity contribution is 5.81. The molecule has 3 aliphatic rings. The van der Waals surface area contributed by atoms with Crippen molar-refractivity contribution in [1.82, 2.24) is 4.90 Å². The first-order valence-corrected chi connectivity index (χ1v) is 9.49. The van der Waals surface area contributed by atoms with Gasteiger partial charge in [0.25, 0.3) is 0 Å². The second-order valence-electron chi connectivity index (χ2n) is 8.86. The van der Waals surface area contributed by atoms with E-state index in [4.69, 9.17) is 4.74 Å². The second-order valence-corrected chi connectivity index (χ2v) is 8.86. The van der Waals surface area contributed by atoms with Crippen molar-refractivity contribution >= 4 is 5.91 Å². The zero-order valence-corrected chi connectivity index (χ0v) is 15.3. The molecule has 4 rings (SSSR count). The number of amides is 1. The number of carbonyl (C=O) groups is 1. The summed E-state index contributed by atoms with van der Waals surface area (Å²) in [7, 11) is 1.82. The van der Waals surface area contributed by atoms with E-state index in [1.165, 1.54) is 5.56 Å². The van der Waals surface area contributed by atoms with Gasteiger partial charge in [0.15, 0.2) is 0 Å². The lowest BCUT2D eigenvalue weighted by Gasteiger charge is -2.57. The van der Waals surface area contributed by atoms with E-state index in [1.54, 1.807) is 0 Å². The predicted molar refractivity (Wildman–Crippen MR) is 96.0 cm³/mol. The van der Waals surface area contributed by atoms with E-state index in [0.29, 0.717) is 18.3 Å². The van der Waals surface area contributed by atoms with Crippen molar-refractivity contribution in [2.45, 2.75) is 56.7 Å². The standard InChI is InChI=1S/C21H29NO3/c1-19(24)12-16(13-19)18(23)22-14-20(15-22)8-10-21(25-2,11-9-20)17-6-4-3-5-7-17/h3-7,16,24H,8-15H2,1-2H3. The molecule has 1 aromatic carbocycles. The topological polar surface area (TPSA) is 49.8 Å². The summed E-state index contributed by atoms with van der Waals surface area (Å²) in [5.41, 5.74) is 0.778. The Morgan fingerprint density at radius 3 is 2.24 bits per heavy atom. The van der Waals surface area contributed by atoms with Gasteiger partial charge < -0.3 is 14.7 Å². The average Bonchev–Trinajstić information content (AvgIpc) is 2.58. The van der Waals surface area contributed by atoms with Crippen LogP contribution in [0, 0.1) is 11.3 Å². The van der Waals surface area contributed by atoms with E-state index in [2.05, 4.69) is 24.3 Å². The maximum Gasteiger partial charge on any atom is 0.225 e. The van der Waals surface area contributed by atoms with Gasteiger partial charge >= 0.3 is 0 Å². The van der Waals surface area contributed by atoms with Crippen molar-refractivity contribution in [3.05, 3.63) is 35.9 Å². The maximum absolute atomic E-state index is 12.5. The van der Waals surface area contributed by atoms with E-state index in [1.807, 2.05) is 25.0 Å². The summed E-state index contributed by atoms with van der Waals surface area (Å²) in [4.78, 5) is 14.5. The minimum Gasteiger partial charge on any atom is -0.390 e. The van der Waals surface area contributed by atoms with Gasteiger partial charge in [-0.1, -0.05) is 30.3 Å². The Morgan fingerprint density at radius 1 is 1.12 bits per heavy atom. The van der Waals surface area contributed by atoms with E-state index in [0.717, 1.165) is 38.8 Å². The van der Waals surface area contributed by atoms with Gasteiger partial charge in [0.2, 0.25) is 5.91 Å². The van der Waals surface area contributed by atoms with Crippen LogP contribution in [0.2, 0.25) is 0 Å². The molecular formula is C21H29NO3. The average molecular weight is 343 g/mol. The molecule has 0 aromatic heterocycles. The summed E-state index contributed by atoms with van der Waals surface area (Å²) >= 11 is 0. The number of methoxy groups -OCH3 is 1. The van der Waals surface area contributed by atoms with E-state index in [9.17, 15) is 9.90 Å². The first-order valence-electron chi connectivity index (χ1n) is 9.49. The zero-order valence-electron chi connectivity index (χ0n) is 15.3. The third-order valence-electron chi connectivity index (χ3n) is 6.89. The summed E-state index contributed by atoms with van der Waals surface area (Å²) < 4.78 is 5.98. The number of aliphatic hydroxyl groups is 1. The summed E-state index contributed by atoms with van der Waals surface area (Å²) in [6, 6.07) is 10.5. The van der Waals surface area contributed by atoms with Gasteiger partial charge in [-0.2, -0.15) is 0 Å². The fourth-order valence-corrected chi connectivity index (χ4v) is 5.21. The van der Waals surface area contributed by atoms with Crippen LogP contribution in [-0.4, -0.2) is 41.7 Å². The number of ether oxygens (including phenoxy) is 1. The smallest absolute Gasteiger partial charge is 0.225 e. The maximum atomic E-state index is 12.5. The van der Waals surface area contributed by atoms with Crippen LogP contribution in [0.25, 0.3) is 0 Å². The van der Waals surface area contributed by atoms with Crippen molar-refractivity contribution in [3.63, 3.8) is 0 Å². The molecule has 1 amide bonds. The Hall–Kier alpha value is -1.39. The molecule has 1 N–H and O–H groups in total. The summed E-state index contributed by atoms with van der Waals surface area (Å²) in [5, 5.41) is 9.86. The highest BCUT2D eigenvalue weighted by atomic mass is 16.5. The van der Waals surface area contributed by atoms with Crippen LogP contribution in [0.15, 0.2) is 30.3 Å². The minimum absolute atomic E-state index is 0.0401. The summed E-state index contributed by atoms with van der Waals surface area (Å²) in [5.74, 6) is 0.294. The third kappa shape index (κ3) is 2.89. The number of benzene rings is 1. The monoisotopic (exact) mass is 343 g/mol. The fourth-order valence-electron chi connectivity index (χ4n) is 5.21. The van der Waals surface area contributed by atoms with Crippen LogP contribution >= 0.6 is 0 Å². The first-order chi connectivity index (χ1) is 11.9. The molecule has 1 aromatic rings. The molecule has 25 heavy (non-hydrogen) atoms. The molecule has 4 nitrogen and oxygen atoms in total. The molecule has 0 atom stereocenters. The summed E-state index contributed by atoms with van der Waals surface area (Å²) in [6.45, 7) is 3.60. The summed E-state index contributed by atoms with van der Waals surface area (Å²) in [6.07, 6.45) is 5.51. The highest BCUT2D eigenvalue weighted by Crippen LogP contribution is 2.52. The molecule has 1 aliphatic heterocycles. The quantitative estimate of drug-likeness (QED) is 0.917. The van der Waals surface area contributed by atoms with Crippen molar-refractivity contribution in [2.75, 3.05) is 20.2 Å². The third-order valence-corrected chi connectivity index (χ3v) is 6.89. The molecule has 1 heterocycles. The lowest BCUT2D eigenvalue weighted by atomic mass is 9.62. The molecule has 2 saturated carbocycles. The van der Waals surface area contributed by atoms with Gasteiger partial charge in [-0.25, -0.2) is 0 Å². The Bertz CT molecular complexity index is 630. The largest absolute Gasteiger partial charge is 0.390 e. The normalized spacial score (nSPS) is 32.8. The SMILES string of the molecule is COC1(c2ccccc2)CCC2(CC1)CN(C(=O)C1CC(C)(O)C1)C2. The molecule has 136 valence electrons. The van der Waals surface area contributed by atoms with Crippen LogP contribution in [0.1, 0.15) is 51.0 Å². The van der Waals surface area contributed by atoms with E-state index >= 15 is 0 Å². The van der Waals surface area contributed by atoms with E-state index < -0.39 is 5.60 Å². The van der Waals surface area contributed by atoms with Crippen LogP contribution in [0.3, 0.4) is 0 Å². The Morgan fingerprint density at radius 2 is 1.72 bits per heavy atom. The van der Waals surface area contributed by atoms with Crippen LogP contribution in [0.4, 0.5) is 0 Å². The van der Waals surface area contributed by atoms with Crippen molar-refractivity contribution in [2.24, 2.45) is 11.3 Å². The van der Waals surface area contributed by atoms with Crippen molar-refractivity contribution in [3.8, 4) is 0 Å². The fraction of sp³-hybridized carbons (Fsp3) is 0.667. The molecule has 2 aliphatic carbocycles. The van der Waals surface area contributed by atoms with Crippen LogP contribution in [-0.2, 0) is 15.1 Å². The molecule has 4 heteroatoms. The van der Waals surface area contributed by atoms with Crippen molar-refractivity contribution in [1.29, 1.82) is 0 Å². The number of rotatable bonds is 3. The van der Waals surface area contributed by atoms with Gasteiger partial charge in [0.05, 0.1) is 11.2 Å². The molecule has 3 fully saturated rings. The predicted octanol–water partition coefficient (Wildman–Crippen LogP) is 3.09. The number of nitrogens with zero attached hydrogens (tertiary/aromatic N) is 1. The lowest BCUT2D eigenvalue weighted by Crippen LogP contribution is -2.63. The Balaban J connectivity index is 1.35. The van der Waals surface area contributed by atoms with Gasteiger partial charge in [-0.3, -0.25) is 4.79 Å². The number of carbonyl (C=O) groups excluding carboxylic acids is 1. The highest BCUT2D eigenvalue weighted by Gasteiger charge is 2.53. The van der Waals surface area contributed by atoms with Gasteiger partial charge in [-0.15, -0.1) is 0 Å².